The van der Waals surface area contributed by atoms with E-state index in [1.807, 2.05) is 4.90 Å². The summed E-state index contributed by atoms with van der Waals surface area (Å²) in [4.78, 5) is 26.7. The predicted molar refractivity (Wildman–Crippen MR) is 92.3 cm³/mol. The van der Waals surface area contributed by atoms with Crippen LogP contribution in [0.4, 0.5) is 0 Å². The molecular weight excluding hydrogens is 314 g/mol. The van der Waals surface area contributed by atoms with E-state index in [1.165, 1.54) is 19.3 Å². The van der Waals surface area contributed by atoms with E-state index >= 15 is 0 Å². The van der Waals surface area contributed by atoms with E-state index in [1.54, 1.807) is 0 Å². The maximum atomic E-state index is 12.9. The second kappa shape index (κ2) is 7.84. The minimum Gasteiger partial charge on any atom is -0.350 e. The fourth-order valence-corrected chi connectivity index (χ4v) is 4.63. The SMILES string of the molecule is Cl.NCC1(CC(=O)N2CC(=O)NC3CCCCC32)CCCCC1. The molecule has 1 heterocycles. The molecule has 132 valence electrons. The van der Waals surface area contributed by atoms with Crippen molar-refractivity contribution in [3.05, 3.63) is 0 Å². The zero-order chi connectivity index (χ0) is 15.6. The lowest BCUT2D eigenvalue weighted by Gasteiger charge is -2.45. The molecule has 2 saturated carbocycles. The number of amides is 2. The van der Waals surface area contributed by atoms with Gasteiger partial charge in [0.25, 0.3) is 0 Å². The molecular formula is C17H30ClN3O2. The number of fused-ring (bicyclic) bond motifs is 1. The average Bonchev–Trinajstić information content (AvgIpc) is 2.54. The first-order valence-corrected chi connectivity index (χ1v) is 8.92. The molecule has 0 aromatic heterocycles. The van der Waals surface area contributed by atoms with Crippen molar-refractivity contribution in [1.29, 1.82) is 0 Å². The Labute approximate surface area is 145 Å². The zero-order valence-corrected chi connectivity index (χ0v) is 14.7. The van der Waals surface area contributed by atoms with Gasteiger partial charge in [0.1, 0.15) is 0 Å². The maximum absolute atomic E-state index is 12.9. The summed E-state index contributed by atoms with van der Waals surface area (Å²) >= 11 is 0. The number of carbonyl (C=O) groups is 2. The van der Waals surface area contributed by atoms with Crippen LogP contribution in [0.2, 0.25) is 0 Å². The van der Waals surface area contributed by atoms with Gasteiger partial charge < -0.3 is 16.0 Å². The first-order valence-electron chi connectivity index (χ1n) is 8.92. The van der Waals surface area contributed by atoms with E-state index in [9.17, 15) is 9.59 Å². The third-order valence-corrected chi connectivity index (χ3v) is 5.98. The fourth-order valence-electron chi connectivity index (χ4n) is 4.63. The van der Waals surface area contributed by atoms with E-state index in [-0.39, 0.29) is 48.3 Å². The lowest BCUT2D eigenvalue weighted by atomic mass is 9.71. The van der Waals surface area contributed by atoms with Crippen molar-refractivity contribution < 1.29 is 9.59 Å². The van der Waals surface area contributed by atoms with Crippen molar-refractivity contribution >= 4 is 24.2 Å². The third-order valence-electron chi connectivity index (χ3n) is 5.98. The van der Waals surface area contributed by atoms with Gasteiger partial charge in [-0.1, -0.05) is 32.1 Å². The first kappa shape index (κ1) is 18.5. The van der Waals surface area contributed by atoms with Gasteiger partial charge >= 0.3 is 0 Å². The van der Waals surface area contributed by atoms with Crippen molar-refractivity contribution in [3.8, 4) is 0 Å². The molecule has 2 amide bonds. The highest BCUT2D eigenvalue weighted by Gasteiger charge is 2.41. The van der Waals surface area contributed by atoms with Crippen molar-refractivity contribution in [1.82, 2.24) is 10.2 Å². The van der Waals surface area contributed by atoms with Gasteiger partial charge in [0.05, 0.1) is 12.6 Å². The van der Waals surface area contributed by atoms with Crippen molar-refractivity contribution in [2.75, 3.05) is 13.1 Å². The first-order chi connectivity index (χ1) is 10.6. The Morgan fingerprint density at radius 3 is 2.57 bits per heavy atom. The van der Waals surface area contributed by atoms with Gasteiger partial charge in [-0.15, -0.1) is 12.4 Å². The molecule has 3 fully saturated rings. The van der Waals surface area contributed by atoms with E-state index in [0.29, 0.717) is 13.0 Å². The number of hydrogen-bond acceptors (Lipinski definition) is 3. The van der Waals surface area contributed by atoms with Crippen LogP contribution in [0.15, 0.2) is 0 Å². The molecule has 3 rings (SSSR count). The van der Waals surface area contributed by atoms with Crippen LogP contribution in [-0.4, -0.2) is 41.9 Å². The Morgan fingerprint density at radius 1 is 1.17 bits per heavy atom. The molecule has 0 aromatic rings. The van der Waals surface area contributed by atoms with E-state index in [0.717, 1.165) is 38.5 Å². The molecule has 1 aliphatic heterocycles. The summed E-state index contributed by atoms with van der Waals surface area (Å²) in [6, 6.07) is 0.372. The molecule has 23 heavy (non-hydrogen) atoms. The van der Waals surface area contributed by atoms with E-state index in [2.05, 4.69) is 5.32 Å². The minimum absolute atomic E-state index is 0. The highest BCUT2D eigenvalue weighted by Crippen LogP contribution is 2.39. The smallest absolute Gasteiger partial charge is 0.239 e. The molecule has 1 saturated heterocycles. The summed E-state index contributed by atoms with van der Waals surface area (Å²) in [7, 11) is 0. The quantitative estimate of drug-likeness (QED) is 0.822. The van der Waals surface area contributed by atoms with Crippen molar-refractivity contribution in [2.24, 2.45) is 11.1 Å². The molecule has 0 bridgehead atoms. The molecule has 5 nitrogen and oxygen atoms in total. The number of nitrogens with one attached hydrogen (secondary N) is 1. The van der Waals surface area contributed by atoms with Crippen LogP contribution in [0, 0.1) is 5.41 Å². The Bertz CT molecular complexity index is 438. The predicted octanol–water partition coefficient (Wildman–Crippen LogP) is 1.98. The van der Waals surface area contributed by atoms with E-state index < -0.39 is 0 Å². The largest absolute Gasteiger partial charge is 0.350 e. The number of carbonyl (C=O) groups excluding carboxylic acids is 2. The molecule has 0 aromatic carbocycles. The normalized spacial score (nSPS) is 30.0. The number of nitrogens with two attached hydrogens (primary N) is 1. The zero-order valence-electron chi connectivity index (χ0n) is 13.9. The van der Waals surface area contributed by atoms with Gasteiger partial charge in [0.2, 0.25) is 11.8 Å². The van der Waals surface area contributed by atoms with Gasteiger partial charge in [-0.25, -0.2) is 0 Å². The van der Waals surface area contributed by atoms with Crippen LogP contribution in [0.25, 0.3) is 0 Å². The van der Waals surface area contributed by atoms with Crippen LogP contribution >= 0.6 is 12.4 Å². The highest BCUT2D eigenvalue weighted by atomic mass is 35.5. The molecule has 2 unspecified atom stereocenters. The summed E-state index contributed by atoms with van der Waals surface area (Å²) in [5.74, 6) is 0.154. The monoisotopic (exact) mass is 343 g/mol. The topological polar surface area (TPSA) is 75.4 Å². The van der Waals surface area contributed by atoms with Gasteiger partial charge in [-0.2, -0.15) is 0 Å². The Morgan fingerprint density at radius 2 is 1.87 bits per heavy atom. The molecule has 6 heteroatoms. The second-order valence-corrected chi connectivity index (χ2v) is 7.49. The summed E-state index contributed by atoms with van der Waals surface area (Å²) in [6.07, 6.45) is 10.6. The number of halogens is 1. The molecule has 0 spiro atoms. The highest BCUT2D eigenvalue weighted by molar-refractivity contribution is 5.87. The molecule has 2 atom stereocenters. The van der Waals surface area contributed by atoms with E-state index in [4.69, 9.17) is 5.73 Å². The van der Waals surface area contributed by atoms with Crippen LogP contribution in [-0.2, 0) is 9.59 Å². The van der Waals surface area contributed by atoms with Crippen molar-refractivity contribution in [2.45, 2.75) is 76.3 Å². The molecule has 2 aliphatic carbocycles. The Hall–Kier alpha value is -0.810. The summed E-state index contributed by atoms with van der Waals surface area (Å²) in [5, 5.41) is 3.07. The maximum Gasteiger partial charge on any atom is 0.239 e. The van der Waals surface area contributed by atoms with Crippen LogP contribution in [0.3, 0.4) is 0 Å². The third kappa shape index (κ3) is 4.00. The van der Waals surface area contributed by atoms with Crippen LogP contribution in [0.1, 0.15) is 64.2 Å². The van der Waals surface area contributed by atoms with Crippen molar-refractivity contribution in [3.63, 3.8) is 0 Å². The number of piperazine rings is 1. The average molecular weight is 344 g/mol. The number of hydrogen-bond donors (Lipinski definition) is 2. The second-order valence-electron chi connectivity index (χ2n) is 7.49. The van der Waals surface area contributed by atoms with Gasteiger partial charge in [-0.05, 0) is 37.6 Å². The van der Waals surface area contributed by atoms with Gasteiger partial charge in [-0.3, -0.25) is 9.59 Å². The molecule has 3 aliphatic rings. The Balaban J connectivity index is 0.00000192. The molecule has 0 radical (unpaired) electrons. The lowest BCUT2D eigenvalue weighted by Crippen LogP contribution is -2.63. The summed E-state index contributed by atoms with van der Waals surface area (Å²) < 4.78 is 0. The minimum atomic E-state index is -0.0204. The summed E-state index contributed by atoms with van der Waals surface area (Å²) in [6.45, 7) is 0.827. The standard InChI is InChI=1S/C17H29N3O2.ClH/c18-12-17(8-4-1-5-9-17)10-16(22)20-11-15(21)19-13-6-2-3-7-14(13)20;/h13-14H,1-12,18H2,(H,19,21);1H. The van der Waals surface area contributed by atoms with Crippen LogP contribution in [0.5, 0.6) is 0 Å². The Kier molecular flexibility index (Phi) is 6.32. The number of rotatable bonds is 3. The molecule has 3 N–H and O–H groups in total. The number of nitrogens with zero attached hydrogens (tertiary/aromatic N) is 1. The van der Waals surface area contributed by atoms with Gasteiger partial charge in [0, 0.05) is 12.5 Å². The van der Waals surface area contributed by atoms with Crippen LogP contribution < -0.4 is 11.1 Å². The van der Waals surface area contributed by atoms with Gasteiger partial charge in [0.15, 0.2) is 0 Å². The fraction of sp³-hybridized carbons (Fsp3) is 0.882. The lowest BCUT2D eigenvalue weighted by molar-refractivity contribution is -0.146. The summed E-state index contributed by atoms with van der Waals surface area (Å²) in [5.41, 5.74) is 6.00.